The van der Waals surface area contributed by atoms with Crippen LogP contribution in [0.2, 0.25) is 0 Å². The third-order valence-electron chi connectivity index (χ3n) is 6.82. The minimum absolute atomic E-state index is 0.0201. The molecular weight excluding hydrogens is 376 g/mol. The highest BCUT2D eigenvalue weighted by atomic mass is 15.4. The normalized spacial score (nSPS) is 20.4. The first kappa shape index (κ1) is 25.9. The second-order valence-corrected chi connectivity index (χ2v) is 14.0. The van der Waals surface area contributed by atoms with E-state index in [9.17, 15) is 0 Å². The first-order valence-electron chi connectivity index (χ1n) is 12.3. The Kier molecular flexibility index (Phi) is 6.63. The zero-order chi connectivity index (χ0) is 24.3. The van der Waals surface area contributed by atoms with Crippen LogP contribution in [-0.2, 0) is 10.8 Å². The van der Waals surface area contributed by atoms with Gasteiger partial charge in [0.25, 0.3) is 5.84 Å². The number of amidine groups is 1. The SMILES string of the molecule is CC(C)C1=[N+](C(C)C)[C@@H](C(C)(C)C)C(C)(C)N1c1cc(C(C)(C)C)cc(C(C)(C)C)c1. The van der Waals surface area contributed by atoms with E-state index in [0.717, 1.165) is 0 Å². The molecule has 1 aromatic rings. The highest BCUT2D eigenvalue weighted by molar-refractivity contribution is 5.98. The maximum absolute atomic E-state index is 2.73. The average molecular weight is 428 g/mol. The summed E-state index contributed by atoms with van der Waals surface area (Å²) in [5, 5.41) is 0. The highest BCUT2D eigenvalue weighted by Gasteiger charge is 2.60. The predicted molar refractivity (Wildman–Crippen MR) is 139 cm³/mol. The Balaban J connectivity index is 2.93. The molecule has 0 unspecified atom stereocenters. The third kappa shape index (κ3) is 4.88. The lowest BCUT2D eigenvalue weighted by Crippen LogP contribution is -2.55. The fourth-order valence-corrected chi connectivity index (χ4v) is 5.67. The van der Waals surface area contributed by atoms with Gasteiger partial charge in [-0.15, -0.1) is 0 Å². The number of hydrogen-bond acceptors (Lipinski definition) is 1. The number of anilines is 1. The van der Waals surface area contributed by atoms with Gasteiger partial charge in [0.1, 0.15) is 17.3 Å². The lowest BCUT2D eigenvalue weighted by atomic mass is 9.75. The maximum Gasteiger partial charge on any atom is 0.255 e. The summed E-state index contributed by atoms with van der Waals surface area (Å²) in [6, 6.07) is 8.24. The molecule has 0 bridgehead atoms. The molecule has 2 rings (SSSR count). The van der Waals surface area contributed by atoms with Gasteiger partial charge < -0.3 is 0 Å². The van der Waals surface area contributed by atoms with Crippen molar-refractivity contribution in [2.75, 3.05) is 4.90 Å². The van der Waals surface area contributed by atoms with Crippen molar-refractivity contribution in [1.29, 1.82) is 0 Å². The summed E-state index contributed by atoms with van der Waals surface area (Å²) in [6.07, 6.45) is 0. The van der Waals surface area contributed by atoms with Crippen LogP contribution < -0.4 is 4.90 Å². The zero-order valence-electron chi connectivity index (χ0n) is 23.4. The molecule has 1 aromatic carbocycles. The van der Waals surface area contributed by atoms with E-state index >= 15 is 0 Å². The molecule has 1 heterocycles. The van der Waals surface area contributed by atoms with Gasteiger partial charge in [-0.1, -0.05) is 82.2 Å². The summed E-state index contributed by atoms with van der Waals surface area (Å²) in [5.74, 6) is 1.91. The molecule has 2 heteroatoms. The first-order valence-corrected chi connectivity index (χ1v) is 12.3. The fourth-order valence-electron chi connectivity index (χ4n) is 5.67. The number of rotatable bonds is 3. The Morgan fingerprint density at radius 3 is 1.48 bits per heavy atom. The largest absolute Gasteiger partial charge is 0.255 e. The predicted octanol–water partition coefficient (Wildman–Crippen LogP) is 7.77. The molecule has 31 heavy (non-hydrogen) atoms. The number of benzene rings is 1. The quantitative estimate of drug-likeness (QED) is 0.446. The smallest absolute Gasteiger partial charge is 0.255 e. The van der Waals surface area contributed by atoms with E-state index in [1.54, 1.807) is 0 Å². The Labute approximate surface area is 194 Å². The van der Waals surface area contributed by atoms with Crippen molar-refractivity contribution in [3.05, 3.63) is 29.3 Å². The van der Waals surface area contributed by atoms with Crippen molar-refractivity contribution >= 4 is 11.5 Å². The van der Waals surface area contributed by atoms with Crippen LogP contribution in [0.1, 0.15) is 115 Å². The molecular formula is C29H51N2+. The minimum atomic E-state index is -0.0201. The van der Waals surface area contributed by atoms with Crippen LogP contribution in [0.25, 0.3) is 0 Å². The topological polar surface area (TPSA) is 6.25 Å². The van der Waals surface area contributed by atoms with Gasteiger partial charge in [-0.3, -0.25) is 4.58 Å². The second kappa shape index (κ2) is 7.92. The molecule has 1 aliphatic heterocycles. The van der Waals surface area contributed by atoms with E-state index in [-0.39, 0.29) is 21.8 Å². The Hall–Kier alpha value is -1.31. The van der Waals surface area contributed by atoms with Crippen molar-refractivity contribution in [3.8, 4) is 0 Å². The van der Waals surface area contributed by atoms with Crippen LogP contribution >= 0.6 is 0 Å². The molecule has 1 aliphatic rings. The molecule has 0 saturated carbocycles. The Morgan fingerprint density at radius 1 is 0.774 bits per heavy atom. The monoisotopic (exact) mass is 427 g/mol. The van der Waals surface area contributed by atoms with Crippen LogP contribution in [0.15, 0.2) is 18.2 Å². The standard InChI is InChI=1S/C29H51N2/c1-19(2)24-30(20(3)4)25(28(11,12)13)29(14,15)31(24)23-17-21(26(5,6)7)16-22(18-23)27(8,9)10/h16-20,25H,1-15H3/q+1/t25-/m0/s1. The van der Waals surface area contributed by atoms with Gasteiger partial charge in [0.2, 0.25) is 0 Å². The van der Waals surface area contributed by atoms with E-state index in [4.69, 9.17) is 0 Å². The van der Waals surface area contributed by atoms with Gasteiger partial charge >= 0.3 is 0 Å². The molecule has 0 amide bonds. The van der Waals surface area contributed by atoms with Crippen LogP contribution in [0.5, 0.6) is 0 Å². The van der Waals surface area contributed by atoms with E-state index < -0.39 is 0 Å². The molecule has 0 spiro atoms. The first-order chi connectivity index (χ1) is 13.7. The van der Waals surface area contributed by atoms with E-state index in [1.807, 2.05) is 0 Å². The molecule has 1 atom stereocenters. The van der Waals surface area contributed by atoms with Gasteiger partial charge in [-0.25, -0.2) is 4.90 Å². The van der Waals surface area contributed by atoms with Crippen molar-refractivity contribution in [2.45, 2.75) is 132 Å². The summed E-state index contributed by atoms with van der Waals surface area (Å²) in [4.78, 5) is 2.69. The van der Waals surface area contributed by atoms with E-state index in [0.29, 0.717) is 18.0 Å². The number of hydrogen-bond donors (Lipinski definition) is 0. The molecule has 176 valence electrons. The van der Waals surface area contributed by atoms with Crippen molar-refractivity contribution < 1.29 is 4.58 Å². The minimum Gasteiger partial charge on any atom is -0.255 e. The lowest BCUT2D eigenvalue weighted by Gasteiger charge is -2.39. The highest BCUT2D eigenvalue weighted by Crippen LogP contribution is 2.45. The van der Waals surface area contributed by atoms with E-state index in [2.05, 4.69) is 132 Å². The Morgan fingerprint density at radius 2 is 1.19 bits per heavy atom. The summed E-state index contributed by atoms with van der Waals surface area (Å²) in [7, 11) is 0. The van der Waals surface area contributed by atoms with Gasteiger partial charge in [0, 0.05) is 5.41 Å². The molecule has 0 saturated heterocycles. The van der Waals surface area contributed by atoms with Crippen molar-refractivity contribution in [2.24, 2.45) is 11.3 Å². The molecule has 0 aliphatic carbocycles. The molecule has 0 fully saturated rings. The zero-order valence-corrected chi connectivity index (χ0v) is 23.4. The lowest BCUT2D eigenvalue weighted by molar-refractivity contribution is -0.608. The Bertz CT molecular complexity index is 801. The van der Waals surface area contributed by atoms with Gasteiger partial charge in [-0.05, 0) is 61.8 Å². The van der Waals surface area contributed by atoms with Crippen molar-refractivity contribution in [3.63, 3.8) is 0 Å². The summed E-state index contributed by atoms with van der Waals surface area (Å²) < 4.78 is 2.73. The van der Waals surface area contributed by atoms with Crippen LogP contribution in [-0.4, -0.2) is 28.0 Å². The second-order valence-electron chi connectivity index (χ2n) is 14.0. The van der Waals surface area contributed by atoms with Gasteiger partial charge in [0.15, 0.2) is 0 Å². The van der Waals surface area contributed by atoms with Crippen molar-refractivity contribution in [1.82, 2.24) is 0 Å². The van der Waals surface area contributed by atoms with E-state index in [1.165, 1.54) is 22.6 Å². The van der Waals surface area contributed by atoms with Gasteiger partial charge in [-0.2, -0.15) is 0 Å². The van der Waals surface area contributed by atoms with Crippen LogP contribution in [0.4, 0.5) is 5.69 Å². The molecule has 2 nitrogen and oxygen atoms in total. The number of nitrogens with zero attached hydrogens (tertiary/aromatic N) is 2. The summed E-state index contributed by atoms with van der Waals surface area (Å²) in [5.41, 5.74) is 4.56. The van der Waals surface area contributed by atoms with Gasteiger partial charge in [0.05, 0.1) is 12.0 Å². The summed E-state index contributed by atoms with van der Waals surface area (Å²) in [6.45, 7) is 35.5. The third-order valence-corrected chi connectivity index (χ3v) is 6.82. The van der Waals surface area contributed by atoms with Crippen LogP contribution in [0, 0.1) is 11.3 Å². The average Bonchev–Trinajstić information content (AvgIpc) is 2.80. The fraction of sp³-hybridized carbons (Fsp3) is 0.759. The molecule has 0 radical (unpaired) electrons. The maximum atomic E-state index is 2.73. The summed E-state index contributed by atoms with van der Waals surface area (Å²) >= 11 is 0. The molecule has 0 N–H and O–H groups in total. The molecule has 0 aromatic heterocycles. The van der Waals surface area contributed by atoms with Crippen LogP contribution in [0.3, 0.4) is 0 Å².